The van der Waals surface area contributed by atoms with Crippen LogP contribution in [0.3, 0.4) is 0 Å². The normalized spacial score (nSPS) is 11.0. The number of hydrogen-bond donors (Lipinski definition) is 1. The average molecular weight is 280 g/mol. The van der Waals surface area contributed by atoms with Crippen LogP contribution in [0.1, 0.15) is 18.1 Å². The van der Waals surface area contributed by atoms with E-state index in [9.17, 15) is 0 Å². The predicted octanol–water partition coefficient (Wildman–Crippen LogP) is 3.55. The van der Waals surface area contributed by atoms with Crippen LogP contribution in [-0.4, -0.2) is 11.2 Å². The summed E-state index contributed by atoms with van der Waals surface area (Å²) in [5, 5.41) is 1.20. The first kappa shape index (κ1) is 13.7. The van der Waals surface area contributed by atoms with E-state index in [2.05, 4.69) is 53.2 Å². The van der Waals surface area contributed by atoms with Gasteiger partial charge < -0.3 is 15.0 Å². The van der Waals surface area contributed by atoms with Crippen LogP contribution >= 0.6 is 0 Å². The van der Waals surface area contributed by atoms with Gasteiger partial charge in [0.05, 0.1) is 6.61 Å². The van der Waals surface area contributed by atoms with E-state index >= 15 is 0 Å². The molecule has 0 fully saturated rings. The van der Waals surface area contributed by atoms with Gasteiger partial charge in [-0.05, 0) is 42.3 Å². The lowest BCUT2D eigenvalue weighted by atomic mass is 10.1. The molecule has 3 aromatic rings. The van der Waals surface area contributed by atoms with Crippen molar-refractivity contribution in [2.24, 2.45) is 5.73 Å². The van der Waals surface area contributed by atoms with Crippen LogP contribution in [0.5, 0.6) is 5.75 Å². The Morgan fingerprint density at radius 2 is 1.90 bits per heavy atom. The molecule has 0 saturated heterocycles. The van der Waals surface area contributed by atoms with Gasteiger partial charge in [-0.3, -0.25) is 0 Å². The first-order valence-electron chi connectivity index (χ1n) is 7.29. The molecule has 21 heavy (non-hydrogen) atoms. The van der Waals surface area contributed by atoms with Gasteiger partial charge in [0.25, 0.3) is 0 Å². The summed E-state index contributed by atoms with van der Waals surface area (Å²) in [5.74, 6) is 0.924. The fourth-order valence-electron chi connectivity index (χ4n) is 2.62. The second-order valence-electron chi connectivity index (χ2n) is 5.12. The zero-order valence-corrected chi connectivity index (χ0v) is 12.3. The third kappa shape index (κ3) is 2.93. The molecule has 0 unspecified atom stereocenters. The summed E-state index contributed by atoms with van der Waals surface area (Å²) >= 11 is 0. The molecule has 3 rings (SSSR count). The van der Waals surface area contributed by atoms with Crippen molar-refractivity contribution >= 4 is 10.9 Å². The second kappa shape index (κ2) is 6.02. The third-order valence-corrected chi connectivity index (χ3v) is 3.63. The lowest BCUT2D eigenvalue weighted by Gasteiger charge is -2.08. The van der Waals surface area contributed by atoms with Crippen molar-refractivity contribution in [3.05, 3.63) is 65.9 Å². The molecule has 0 aliphatic carbocycles. The first-order valence-corrected chi connectivity index (χ1v) is 7.29. The molecule has 2 aromatic carbocycles. The molecule has 108 valence electrons. The van der Waals surface area contributed by atoms with Crippen molar-refractivity contribution in [2.75, 3.05) is 6.61 Å². The maximum absolute atomic E-state index is 5.71. The molecule has 0 bridgehead atoms. The number of nitrogens with two attached hydrogens (primary N) is 1. The van der Waals surface area contributed by atoms with Crippen molar-refractivity contribution in [3.8, 4) is 5.75 Å². The predicted molar refractivity (Wildman–Crippen MR) is 86.5 cm³/mol. The molecule has 3 heteroatoms. The van der Waals surface area contributed by atoms with Gasteiger partial charge in [0, 0.05) is 30.2 Å². The number of rotatable bonds is 5. The summed E-state index contributed by atoms with van der Waals surface area (Å²) in [6, 6.07) is 16.8. The van der Waals surface area contributed by atoms with Crippen molar-refractivity contribution in [3.63, 3.8) is 0 Å². The minimum atomic E-state index is 0.581. The maximum Gasteiger partial charge on any atom is 0.120 e. The van der Waals surface area contributed by atoms with Gasteiger partial charge in [-0.1, -0.05) is 24.3 Å². The molecule has 0 saturated carbocycles. The Hall–Kier alpha value is -2.26. The summed E-state index contributed by atoms with van der Waals surface area (Å²) in [4.78, 5) is 0. The van der Waals surface area contributed by atoms with Crippen molar-refractivity contribution in [1.82, 2.24) is 4.57 Å². The van der Waals surface area contributed by atoms with Gasteiger partial charge in [-0.25, -0.2) is 0 Å². The van der Waals surface area contributed by atoms with Gasteiger partial charge >= 0.3 is 0 Å². The molecule has 0 aliphatic rings. The topological polar surface area (TPSA) is 40.2 Å². The highest BCUT2D eigenvalue weighted by molar-refractivity contribution is 5.81. The Bertz CT molecular complexity index is 746. The number of fused-ring (bicyclic) bond motifs is 1. The van der Waals surface area contributed by atoms with Crippen LogP contribution in [0.4, 0.5) is 0 Å². The number of nitrogens with zero attached hydrogens (tertiary/aromatic N) is 1. The Morgan fingerprint density at radius 3 is 2.71 bits per heavy atom. The average Bonchev–Trinajstić information content (AvgIpc) is 2.90. The SMILES string of the molecule is CCOc1ccc2c(ccn2Cc2cccc(CN)c2)c1. The Balaban J connectivity index is 1.90. The number of benzene rings is 2. The number of ether oxygens (including phenoxy) is 1. The lowest BCUT2D eigenvalue weighted by Crippen LogP contribution is -2.01. The molecule has 0 radical (unpaired) electrons. The number of aromatic nitrogens is 1. The highest BCUT2D eigenvalue weighted by Gasteiger charge is 2.04. The molecular formula is C18H20N2O. The molecule has 0 aliphatic heterocycles. The fraction of sp³-hybridized carbons (Fsp3) is 0.222. The standard InChI is InChI=1S/C18H20N2O/c1-2-21-17-6-7-18-16(11-17)8-9-20(18)13-15-5-3-4-14(10-15)12-19/h3-11H,2,12-13,19H2,1H3. The van der Waals surface area contributed by atoms with Crippen LogP contribution in [0.15, 0.2) is 54.7 Å². The summed E-state index contributed by atoms with van der Waals surface area (Å²) in [7, 11) is 0. The second-order valence-corrected chi connectivity index (χ2v) is 5.12. The highest BCUT2D eigenvalue weighted by Crippen LogP contribution is 2.23. The first-order chi connectivity index (χ1) is 10.3. The number of hydrogen-bond acceptors (Lipinski definition) is 2. The smallest absolute Gasteiger partial charge is 0.120 e. The van der Waals surface area contributed by atoms with Gasteiger partial charge in [-0.2, -0.15) is 0 Å². The minimum absolute atomic E-state index is 0.581. The molecule has 0 amide bonds. The van der Waals surface area contributed by atoms with Crippen molar-refractivity contribution in [2.45, 2.75) is 20.0 Å². The van der Waals surface area contributed by atoms with E-state index < -0.39 is 0 Å². The maximum atomic E-state index is 5.71. The third-order valence-electron chi connectivity index (χ3n) is 3.63. The fourth-order valence-corrected chi connectivity index (χ4v) is 2.62. The van der Waals surface area contributed by atoms with E-state index in [-0.39, 0.29) is 0 Å². The largest absolute Gasteiger partial charge is 0.494 e. The van der Waals surface area contributed by atoms with E-state index in [0.29, 0.717) is 13.2 Å². The lowest BCUT2D eigenvalue weighted by molar-refractivity contribution is 0.340. The minimum Gasteiger partial charge on any atom is -0.494 e. The Kier molecular flexibility index (Phi) is 3.93. The van der Waals surface area contributed by atoms with Crippen LogP contribution in [-0.2, 0) is 13.1 Å². The van der Waals surface area contributed by atoms with E-state index in [1.165, 1.54) is 22.0 Å². The van der Waals surface area contributed by atoms with Gasteiger partial charge in [0.1, 0.15) is 5.75 Å². The summed E-state index contributed by atoms with van der Waals surface area (Å²) in [6.07, 6.45) is 2.12. The summed E-state index contributed by atoms with van der Waals surface area (Å²) in [6.45, 7) is 4.13. The van der Waals surface area contributed by atoms with Crippen molar-refractivity contribution in [1.29, 1.82) is 0 Å². The van der Waals surface area contributed by atoms with E-state index in [1.54, 1.807) is 0 Å². The van der Waals surface area contributed by atoms with Crippen LogP contribution in [0.2, 0.25) is 0 Å². The monoisotopic (exact) mass is 280 g/mol. The summed E-state index contributed by atoms with van der Waals surface area (Å²) < 4.78 is 7.80. The van der Waals surface area contributed by atoms with Gasteiger partial charge in [-0.15, -0.1) is 0 Å². The van der Waals surface area contributed by atoms with Crippen LogP contribution < -0.4 is 10.5 Å². The molecule has 0 spiro atoms. The molecule has 2 N–H and O–H groups in total. The molecule has 1 aromatic heterocycles. The van der Waals surface area contributed by atoms with E-state index in [1.807, 2.05) is 13.0 Å². The van der Waals surface area contributed by atoms with Crippen molar-refractivity contribution < 1.29 is 4.74 Å². The van der Waals surface area contributed by atoms with Crippen LogP contribution in [0, 0.1) is 0 Å². The zero-order chi connectivity index (χ0) is 14.7. The Morgan fingerprint density at radius 1 is 1.05 bits per heavy atom. The van der Waals surface area contributed by atoms with Gasteiger partial charge in [0.15, 0.2) is 0 Å². The summed E-state index contributed by atoms with van der Waals surface area (Å²) in [5.41, 5.74) is 9.36. The highest BCUT2D eigenvalue weighted by atomic mass is 16.5. The Labute approximate surface area is 125 Å². The molecular weight excluding hydrogens is 260 g/mol. The molecule has 1 heterocycles. The van der Waals surface area contributed by atoms with E-state index in [4.69, 9.17) is 10.5 Å². The molecule has 0 atom stereocenters. The quantitative estimate of drug-likeness (QED) is 0.776. The zero-order valence-electron chi connectivity index (χ0n) is 12.3. The van der Waals surface area contributed by atoms with Gasteiger partial charge in [0.2, 0.25) is 0 Å². The molecule has 3 nitrogen and oxygen atoms in total. The van der Waals surface area contributed by atoms with Crippen LogP contribution in [0.25, 0.3) is 10.9 Å². The van der Waals surface area contributed by atoms with E-state index in [0.717, 1.165) is 12.3 Å².